The van der Waals surface area contributed by atoms with Gasteiger partial charge in [0.25, 0.3) is 5.97 Å². The highest BCUT2D eigenvalue weighted by Gasteiger charge is 2.25. The molecule has 0 spiro atoms. The molecular weight excluding hydrogens is 324 g/mol. The summed E-state index contributed by atoms with van der Waals surface area (Å²) in [5, 5.41) is 22.8. The fourth-order valence-electron chi connectivity index (χ4n) is 0.683. The molecule has 9 nitrogen and oxygen atoms in total. The highest BCUT2D eigenvalue weighted by molar-refractivity contribution is 5.79. The fraction of sp³-hybridized carbons (Fsp3) is 0.400. The minimum atomic E-state index is -0.981. The van der Waals surface area contributed by atoms with Crippen LogP contribution in [0.4, 0.5) is 0 Å². The SMILES string of the molecule is C=CC(=O)O.C=CC(=O)O.C=CC(=O)O.CCC(OC)(OC)OC. The van der Waals surface area contributed by atoms with Crippen molar-refractivity contribution in [1.29, 1.82) is 0 Å². The van der Waals surface area contributed by atoms with Crippen LogP contribution in [0.1, 0.15) is 13.3 Å². The monoisotopic (exact) mass is 350 g/mol. The van der Waals surface area contributed by atoms with Crippen molar-refractivity contribution >= 4 is 17.9 Å². The first-order valence-corrected chi connectivity index (χ1v) is 6.27. The molecule has 0 heterocycles. The molecule has 24 heavy (non-hydrogen) atoms. The van der Waals surface area contributed by atoms with E-state index < -0.39 is 23.9 Å². The first-order chi connectivity index (χ1) is 11.1. The Kier molecular flexibility index (Phi) is 25.2. The Morgan fingerprint density at radius 3 is 0.958 bits per heavy atom. The van der Waals surface area contributed by atoms with E-state index in [1.54, 1.807) is 21.3 Å². The summed E-state index contributed by atoms with van der Waals surface area (Å²) in [5.74, 6) is -3.78. The van der Waals surface area contributed by atoms with E-state index in [1.165, 1.54) is 0 Å². The van der Waals surface area contributed by atoms with Crippen LogP contribution < -0.4 is 0 Å². The lowest BCUT2D eigenvalue weighted by atomic mass is 10.4. The number of carboxylic acids is 3. The Balaban J connectivity index is -0.000000116. The van der Waals surface area contributed by atoms with Gasteiger partial charge in [-0.15, -0.1) is 0 Å². The van der Waals surface area contributed by atoms with Crippen molar-refractivity contribution in [1.82, 2.24) is 0 Å². The summed E-state index contributed by atoms with van der Waals surface area (Å²) in [5.41, 5.74) is 0. The van der Waals surface area contributed by atoms with Gasteiger partial charge in [0.15, 0.2) is 0 Å². The summed E-state index contributed by atoms with van der Waals surface area (Å²) in [6.45, 7) is 10.8. The maximum Gasteiger partial charge on any atom is 0.327 e. The Morgan fingerprint density at radius 1 is 0.792 bits per heavy atom. The van der Waals surface area contributed by atoms with Gasteiger partial charge in [0, 0.05) is 46.0 Å². The zero-order chi connectivity index (χ0) is 20.2. The third-order valence-electron chi connectivity index (χ3n) is 1.89. The smallest absolute Gasteiger partial charge is 0.327 e. The second-order valence-electron chi connectivity index (χ2n) is 3.28. The van der Waals surface area contributed by atoms with Gasteiger partial charge in [-0.3, -0.25) is 0 Å². The van der Waals surface area contributed by atoms with Crippen LogP contribution in [0, 0.1) is 0 Å². The molecule has 0 saturated heterocycles. The number of methoxy groups -OCH3 is 3. The van der Waals surface area contributed by atoms with Crippen molar-refractivity contribution in [2.75, 3.05) is 21.3 Å². The van der Waals surface area contributed by atoms with Crippen LogP contribution in [0.25, 0.3) is 0 Å². The molecule has 0 radical (unpaired) electrons. The highest BCUT2D eigenvalue weighted by Crippen LogP contribution is 2.15. The quantitative estimate of drug-likeness (QED) is 0.462. The number of hydrogen-bond acceptors (Lipinski definition) is 6. The standard InChI is InChI=1S/C6H14O3.3C3H4O2/c1-5-6(7-2,8-3)9-4;3*1-2-3(4)5/h5H2,1-4H3;3*2H,1H2,(H,4,5). The van der Waals surface area contributed by atoms with Gasteiger partial charge in [0.1, 0.15) is 0 Å². The van der Waals surface area contributed by atoms with Gasteiger partial charge in [0.2, 0.25) is 0 Å². The third-order valence-corrected chi connectivity index (χ3v) is 1.89. The maximum atomic E-state index is 9.25. The fourth-order valence-corrected chi connectivity index (χ4v) is 0.683. The van der Waals surface area contributed by atoms with Crippen LogP contribution in [0.15, 0.2) is 38.0 Å². The number of aliphatic carboxylic acids is 3. The van der Waals surface area contributed by atoms with E-state index in [1.807, 2.05) is 6.92 Å². The molecule has 0 unspecified atom stereocenters. The molecule has 0 aromatic rings. The van der Waals surface area contributed by atoms with Gasteiger partial charge in [-0.05, 0) is 0 Å². The molecule has 0 aromatic heterocycles. The average molecular weight is 350 g/mol. The van der Waals surface area contributed by atoms with Gasteiger partial charge in [-0.2, -0.15) is 0 Å². The first kappa shape index (κ1) is 29.5. The minimum absolute atomic E-state index is 0.677. The predicted octanol–water partition coefficient (Wildman–Crippen LogP) is 1.76. The number of rotatable bonds is 7. The summed E-state index contributed by atoms with van der Waals surface area (Å²) in [6.07, 6.45) is 3.18. The van der Waals surface area contributed by atoms with Crippen molar-refractivity contribution in [2.45, 2.75) is 19.3 Å². The number of ether oxygens (including phenoxy) is 3. The van der Waals surface area contributed by atoms with Crippen molar-refractivity contribution in [3.8, 4) is 0 Å². The maximum absolute atomic E-state index is 9.25. The molecule has 0 amide bonds. The van der Waals surface area contributed by atoms with E-state index >= 15 is 0 Å². The molecule has 0 rings (SSSR count). The van der Waals surface area contributed by atoms with E-state index in [0.717, 1.165) is 18.2 Å². The summed E-state index contributed by atoms with van der Waals surface area (Å²) in [6, 6.07) is 0. The van der Waals surface area contributed by atoms with Crippen LogP contribution in [0.5, 0.6) is 0 Å². The molecule has 0 aromatic carbocycles. The normalized spacial score (nSPS) is 8.50. The van der Waals surface area contributed by atoms with Gasteiger partial charge >= 0.3 is 17.9 Å². The highest BCUT2D eigenvalue weighted by atomic mass is 16.9. The van der Waals surface area contributed by atoms with Gasteiger partial charge in [-0.25, -0.2) is 14.4 Å². The minimum Gasteiger partial charge on any atom is -0.478 e. The molecule has 9 heteroatoms. The molecule has 0 aliphatic rings. The van der Waals surface area contributed by atoms with Gasteiger partial charge in [0.05, 0.1) is 0 Å². The summed E-state index contributed by atoms with van der Waals surface area (Å²) >= 11 is 0. The van der Waals surface area contributed by atoms with E-state index in [2.05, 4.69) is 19.7 Å². The van der Waals surface area contributed by atoms with Crippen molar-refractivity contribution in [2.24, 2.45) is 0 Å². The molecule has 3 N–H and O–H groups in total. The van der Waals surface area contributed by atoms with Gasteiger partial charge in [-0.1, -0.05) is 26.7 Å². The zero-order valence-electron chi connectivity index (χ0n) is 14.4. The number of carbonyl (C=O) groups is 3. The Labute approximate surface area is 141 Å². The lowest BCUT2D eigenvalue weighted by Crippen LogP contribution is -2.34. The third kappa shape index (κ3) is 27.8. The van der Waals surface area contributed by atoms with Crippen LogP contribution in [0.2, 0.25) is 0 Å². The Hall–Kier alpha value is -2.49. The number of carboxylic acid groups (broad SMARTS) is 3. The van der Waals surface area contributed by atoms with E-state index in [0.29, 0.717) is 6.42 Å². The van der Waals surface area contributed by atoms with Crippen LogP contribution in [-0.2, 0) is 28.6 Å². The zero-order valence-corrected chi connectivity index (χ0v) is 14.4. The molecular formula is C15H26O9. The lowest BCUT2D eigenvalue weighted by molar-refractivity contribution is -0.352. The predicted molar refractivity (Wildman–Crippen MR) is 87.5 cm³/mol. The topological polar surface area (TPSA) is 140 Å². The van der Waals surface area contributed by atoms with E-state index in [-0.39, 0.29) is 0 Å². The van der Waals surface area contributed by atoms with Crippen LogP contribution >= 0.6 is 0 Å². The molecule has 0 bridgehead atoms. The van der Waals surface area contributed by atoms with E-state index in [9.17, 15) is 14.4 Å². The summed E-state index contributed by atoms with van der Waals surface area (Å²) in [7, 11) is 4.66. The second kappa shape index (κ2) is 20.5. The lowest BCUT2D eigenvalue weighted by Gasteiger charge is -2.26. The van der Waals surface area contributed by atoms with Crippen LogP contribution in [0.3, 0.4) is 0 Å². The molecule has 0 atom stereocenters. The molecule has 0 fully saturated rings. The van der Waals surface area contributed by atoms with Crippen molar-refractivity contribution in [3.63, 3.8) is 0 Å². The van der Waals surface area contributed by atoms with Gasteiger partial charge < -0.3 is 29.5 Å². The molecule has 0 aliphatic heterocycles. The Bertz CT molecular complexity index is 324. The first-order valence-electron chi connectivity index (χ1n) is 6.27. The van der Waals surface area contributed by atoms with Crippen molar-refractivity contribution < 1.29 is 43.9 Å². The number of hydrogen-bond donors (Lipinski definition) is 3. The summed E-state index contributed by atoms with van der Waals surface area (Å²) in [4.78, 5) is 27.8. The average Bonchev–Trinajstić information content (AvgIpc) is 2.59. The van der Waals surface area contributed by atoms with E-state index in [4.69, 9.17) is 29.5 Å². The molecule has 0 saturated carbocycles. The Morgan fingerprint density at radius 2 is 0.958 bits per heavy atom. The molecule has 0 aliphatic carbocycles. The van der Waals surface area contributed by atoms with Crippen LogP contribution in [-0.4, -0.2) is 60.5 Å². The summed E-state index contributed by atoms with van der Waals surface area (Å²) < 4.78 is 14.8. The van der Waals surface area contributed by atoms with Crippen molar-refractivity contribution in [3.05, 3.63) is 38.0 Å². The largest absolute Gasteiger partial charge is 0.478 e. The molecule has 140 valence electrons. The second-order valence-corrected chi connectivity index (χ2v) is 3.28.